The summed E-state index contributed by atoms with van der Waals surface area (Å²) in [5, 5.41) is 3.93. The molecule has 0 bridgehead atoms. The minimum Gasteiger partial charge on any atom is -0.490 e. The first-order valence-electron chi connectivity index (χ1n) is 10.2. The van der Waals surface area contributed by atoms with Crippen molar-refractivity contribution in [3.8, 4) is 5.75 Å². The van der Waals surface area contributed by atoms with Gasteiger partial charge in [0, 0.05) is 34.6 Å². The van der Waals surface area contributed by atoms with Crippen molar-refractivity contribution in [3.63, 3.8) is 0 Å². The molecular formula is C25H23N3O2. The summed E-state index contributed by atoms with van der Waals surface area (Å²) in [6.45, 7) is 2.00. The number of fused-ring (bicyclic) bond motifs is 1. The number of H-pyrrole nitrogens is 1. The second-order valence-corrected chi connectivity index (χ2v) is 7.87. The summed E-state index contributed by atoms with van der Waals surface area (Å²) in [4.78, 5) is 20.1. The van der Waals surface area contributed by atoms with Crippen molar-refractivity contribution in [2.45, 2.75) is 31.8 Å². The van der Waals surface area contributed by atoms with Gasteiger partial charge in [-0.2, -0.15) is 0 Å². The number of pyridine rings is 1. The number of nitrogens with zero attached hydrogens (tertiary/aromatic N) is 1. The molecule has 1 fully saturated rings. The van der Waals surface area contributed by atoms with Gasteiger partial charge in [0.15, 0.2) is 0 Å². The van der Waals surface area contributed by atoms with Gasteiger partial charge < -0.3 is 15.0 Å². The smallest absolute Gasteiger partial charge is 0.255 e. The average Bonchev–Trinajstić information content (AvgIpc) is 3.14. The van der Waals surface area contributed by atoms with Crippen molar-refractivity contribution in [1.82, 2.24) is 9.97 Å². The maximum atomic E-state index is 12.5. The summed E-state index contributed by atoms with van der Waals surface area (Å²) < 4.78 is 6.20. The zero-order valence-corrected chi connectivity index (χ0v) is 16.8. The second kappa shape index (κ2) is 7.67. The van der Waals surface area contributed by atoms with Crippen LogP contribution in [0, 0.1) is 6.92 Å². The van der Waals surface area contributed by atoms with Gasteiger partial charge in [-0.15, -0.1) is 0 Å². The van der Waals surface area contributed by atoms with E-state index in [0.29, 0.717) is 11.5 Å². The number of hydrogen-bond donors (Lipinski definition) is 2. The van der Waals surface area contributed by atoms with Gasteiger partial charge >= 0.3 is 0 Å². The molecule has 5 nitrogen and oxygen atoms in total. The van der Waals surface area contributed by atoms with Crippen molar-refractivity contribution < 1.29 is 9.53 Å². The highest BCUT2D eigenvalue weighted by atomic mass is 16.5. The fourth-order valence-electron chi connectivity index (χ4n) is 3.91. The summed E-state index contributed by atoms with van der Waals surface area (Å²) in [6, 6.07) is 19.4. The predicted octanol–water partition coefficient (Wildman–Crippen LogP) is 5.45. The molecular weight excluding hydrogens is 374 g/mol. The van der Waals surface area contributed by atoms with Crippen LogP contribution >= 0.6 is 0 Å². The van der Waals surface area contributed by atoms with Gasteiger partial charge in [-0.05, 0) is 67.6 Å². The number of carbonyl (C=O) groups excluding carboxylic acids is 1. The molecule has 30 heavy (non-hydrogen) atoms. The van der Waals surface area contributed by atoms with Gasteiger partial charge in [0.05, 0.1) is 11.8 Å². The summed E-state index contributed by atoms with van der Waals surface area (Å²) in [7, 11) is 0. The molecule has 2 heterocycles. The summed E-state index contributed by atoms with van der Waals surface area (Å²) in [6.07, 6.45) is 5.99. The minimum atomic E-state index is -0.128. The van der Waals surface area contributed by atoms with Crippen LogP contribution in [0.3, 0.4) is 0 Å². The van der Waals surface area contributed by atoms with Gasteiger partial charge in [0.25, 0.3) is 5.91 Å². The molecule has 0 aliphatic heterocycles. The van der Waals surface area contributed by atoms with Gasteiger partial charge in [-0.25, -0.2) is 0 Å². The molecule has 2 aromatic carbocycles. The van der Waals surface area contributed by atoms with E-state index in [1.165, 1.54) is 5.56 Å². The molecule has 2 aromatic heterocycles. The lowest BCUT2D eigenvalue weighted by Gasteiger charge is -2.35. The zero-order valence-electron chi connectivity index (χ0n) is 16.8. The number of amides is 1. The van der Waals surface area contributed by atoms with Crippen LogP contribution in [0.25, 0.3) is 10.9 Å². The number of aryl methyl sites for hydroxylation is 1. The lowest BCUT2D eigenvalue weighted by Crippen LogP contribution is -2.32. The molecule has 1 amide bonds. The van der Waals surface area contributed by atoms with E-state index in [0.717, 1.165) is 40.9 Å². The SMILES string of the molecule is Cc1ccc([C@H]2C[C@H](Oc3ccc4[nH]cc(NC(=O)c5ccccc5)c4c3)C2)cn1. The minimum absolute atomic E-state index is 0.128. The molecule has 2 N–H and O–H groups in total. The Bertz CT molecular complexity index is 1180. The quantitative estimate of drug-likeness (QED) is 0.471. The first kappa shape index (κ1) is 18.4. The van der Waals surface area contributed by atoms with Crippen molar-refractivity contribution >= 4 is 22.5 Å². The lowest BCUT2D eigenvalue weighted by molar-refractivity contribution is 0.0985. The van der Waals surface area contributed by atoms with Gasteiger partial charge in [0.2, 0.25) is 0 Å². The van der Waals surface area contributed by atoms with E-state index >= 15 is 0 Å². The van der Waals surface area contributed by atoms with E-state index in [9.17, 15) is 4.79 Å². The molecule has 5 rings (SSSR count). The molecule has 1 saturated carbocycles. The van der Waals surface area contributed by atoms with Crippen molar-refractivity contribution in [3.05, 3.63) is 89.9 Å². The standard InChI is InChI=1S/C25H23N3O2/c1-16-7-8-18(14-26-16)19-11-21(12-19)30-20-9-10-23-22(13-20)24(15-27-23)28-25(29)17-5-3-2-4-6-17/h2-10,13-15,19,21,27H,11-12H2,1H3,(H,28,29)/t19-,21-. The van der Waals surface area contributed by atoms with E-state index in [1.54, 1.807) is 12.1 Å². The number of benzene rings is 2. The number of nitrogens with one attached hydrogen (secondary N) is 2. The van der Waals surface area contributed by atoms with Gasteiger partial charge in [-0.3, -0.25) is 9.78 Å². The number of aromatic nitrogens is 2. The molecule has 1 aliphatic carbocycles. The Balaban J connectivity index is 1.27. The molecule has 1 aliphatic rings. The Morgan fingerprint density at radius 1 is 1.10 bits per heavy atom. The highest BCUT2D eigenvalue weighted by molar-refractivity contribution is 6.09. The summed E-state index contributed by atoms with van der Waals surface area (Å²) in [5.74, 6) is 1.21. The molecule has 150 valence electrons. The Hall–Kier alpha value is -3.60. The van der Waals surface area contributed by atoms with Crippen molar-refractivity contribution in [2.75, 3.05) is 5.32 Å². The Morgan fingerprint density at radius 2 is 1.93 bits per heavy atom. The fraction of sp³-hybridized carbons (Fsp3) is 0.200. The van der Waals surface area contributed by atoms with Crippen molar-refractivity contribution in [2.24, 2.45) is 0 Å². The zero-order chi connectivity index (χ0) is 20.5. The van der Waals surface area contributed by atoms with E-state index in [1.807, 2.05) is 55.7 Å². The third-order valence-corrected chi connectivity index (χ3v) is 5.74. The van der Waals surface area contributed by atoms with Crippen molar-refractivity contribution in [1.29, 1.82) is 0 Å². The number of aromatic amines is 1. The highest BCUT2D eigenvalue weighted by Crippen LogP contribution is 2.39. The Morgan fingerprint density at radius 3 is 2.70 bits per heavy atom. The average molecular weight is 397 g/mol. The molecule has 4 aromatic rings. The van der Waals surface area contributed by atoms with Crippen LogP contribution < -0.4 is 10.1 Å². The summed E-state index contributed by atoms with van der Waals surface area (Å²) >= 11 is 0. The van der Waals surface area contributed by atoms with E-state index in [2.05, 4.69) is 27.4 Å². The lowest BCUT2D eigenvalue weighted by atomic mass is 9.78. The summed E-state index contributed by atoms with van der Waals surface area (Å²) in [5.41, 5.74) is 4.67. The topological polar surface area (TPSA) is 67.0 Å². The maximum Gasteiger partial charge on any atom is 0.255 e. The Kier molecular flexibility index (Phi) is 4.71. The fourth-order valence-corrected chi connectivity index (χ4v) is 3.91. The van der Waals surface area contributed by atoms with Crippen LogP contribution in [0.15, 0.2) is 73.1 Å². The Labute approximate surface area is 175 Å². The van der Waals surface area contributed by atoms with Crippen LogP contribution in [0.5, 0.6) is 5.75 Å². The molecule has 0 saturated heterocycles. The van der Waals surface area contributed by atoms with E-state index in [-0.39, 0.29) is 12.0 Å². The highest BCUT2D eigenvalue weighted by Gasteiger charge is 2.32. The third kappa shape index (κ3) is 3.66. The molecule has 0 atom stereocenters. The molecule has 0 radical (unpaired) electrons. The number of anilines is 1. The van der Waals surface area contributed by atoms with Gasteiger partial charge in [-0.1, -0.05) is 24.3 Å². The molecule has 5 heteroatoms. The van der Waals surface area contributed by atoms with Crippen LogP contribution in [0.4, 0.5) is 5.69 Å². The predicted molar refractivity (Wildman–Crippen MR) is 118 cm³/mol. The van der Waals surface area contributed by atoms with Gasteiger partial charge in [0.1, 0.15) is 5.75 Å². The normalized spacial score (nSPS) is 18.0. The number of hydrogen-bond acceptors (Lipinski definition) is 3. The molecule has 0 unspecified atom stereocenters. The molecule has 0 spiro atoms. The van der Waals surface area contributed by atoms with Crippen LogP contribution in [0.1, 0.15) is 40.4 Å². The van der Waals surface area contributed by atoms with Crippen LogP contribution in [-0.4, -0.2) is 22.0 Å². The number of rotatable bonds is 5. The monoisotopic (exact) mass is 397 g/mol. The second-order valence-electron chi connectivity index (χ2n) is 7.87. The largest absolute Gasteiger partial charge is 0.490 e. The first-order chi connectivity index (χ1) is 14.7. The number of ether oxygens (including phenoxy) is 1. The maximum absolute atomic E-state index is 12.5. The van der Waals surface area contributed by atoms with E-state index < -0.39 is 0 Å². The van der Waals surface area contributed by atoms with Crippen LogP contribution in [-0.2, 0) is 0 Å². The van der Waals surface area contributed by atoms with E-state index in [4.69, 9.17) is 4.74 Å². The third-order valence-electron chi connectivity index (χ3n) is 5.74. The number of carbonyl (C=O) groups is 1. The van der Waals surface area contributed by atoms with Crippen LogP contribution in [0.2, 0.25) is 0 Å². The first-order valence-corrected chi connectivity index (χ1v) is 10.2.